The van der Waals surface area contributed by atoms with Gasteiger partial charge in [-0.1, -0.05) is 27.7 Å². The molecule has 0 heterocycles. The van der Waals surface area contributed by atoms with Crippen molar-refractivity contribution < 1.29 is 17.8 Å². The molecule has 0 aliphatic heterocycles. The van der Waals surface area contributed by atoms with E-state index in [-0.39, 0.29) is 18.4 Å². The number of nitrogens with one attached hydrogen (secondary N) is 1. The smallest absolute Gasteiger partial charge is 0.225 e. The zero-order valence-electron chi connectivity index (χ0n) is 10.2. The van der Waals surface area contributed by atoms with Crippen molar-refractivity contribution >= 4 is 16.0 Å². The highest BCUT2D eigenvalue weighted by Crippen LogP contribution is 2.19. The van der Waals surface area contributed by atoms with E-state index in [9.17, 15) is 17.8 Å². The van der Waals surface area contributed by atoms with Crippen LogP contribution in [0.3, 0.4) is 0 Å². The zero-order valence-corrected chi connectivity index (χ0v) is 11.1. The van der Waals surface area contributed by atoms with Crippen LogP contribution in [-0.4, -0.2) is 31.2 Å². The van der Waals surface area contributed by atoms with Gasteiger partial charge >= 0.3 is 0 Å². The second-order valence-electron chi connectivity index (χ2n) is 4.78. The first-order valence-corrected chi connectivity index (χ1v) is 6.88. The van der Waals surface area contributed by atoms with Crippen molar-refractivity contribution in [1.29, 1.82) is 0 Å². The maximum absolute atomic E-state index is 11.6. The molecule has 96 valence electrons. The molecule has 1 unspecified atom stereocenters. The van der Waals surface area contributed by atoms with Gasteiger partial charge in [-0.2, -0.15) is 0 Å². The SMILES string of the molecule is CCC(C)(C)C(=O)NCC(C)CS(=O)(=O)[O-]. The molecule has 0 spiro atoms. The molecule has 0 saturated heterocycles. The molecule has 1 amide bonds. The number of carbonyl (C=O) groups is 1. The Kier molecular flexibility index (Phi) is 5.41. The Bertz CT molecular complexity index is 335. The molecule has 0 fully saturated rings. The lowest BCUT2D eigenvalue weighted by Crippen LogP contribution is -2.39. The summed E-state index contributed by atoms with van der Waals surface area (Å²) in [5, 5.41) is 2.65. The highest BCUT2D eigenvalue weighted by molar-refractivity contribution is 7.85. The summed E-state index contributed by atoms with van der Waals surface area (Å²) in [6, 6.07) is 0. The fourth-order valence-corrected chi connectivity index (χ4v) is 1.89. The van der Waals surface area contributed by atoms with Crippen molar-refractivity contribution in [2.45, 2.75) is 34.1 Å². The van der Waals surface area contributed by atoms with Crippen LogP contribution in [0.15, 0.2) is 0 Å². The van der Waals surface area contributed by atoms with E-state index < -0.39 is 21.3 Å². The van der Waals surface area contributed by atoms with Crippen molar-refractivity contribution in [2.24, 2.45) is 11.3 Å². The van der Waals surface area contributed by atoms with Crippen LogP contribution in [0.4, 0.5) is 0 Å². The van der Waals surface area contributed by atoms with Crippen LogP contribution in [0.5, 0.6) is 0 Å². The molecular weight excluding hydrogens is 230 g/mol. The number of carbonyl (C=O) groups excluding carboxylic acids is 1. The quantitative estimate of drug-likeness (QED) is 0.704. The molecule has 0 aliphatic carbocycles. The predicted molar refractivity (Wildman–Crippen MR) is 60.8 cm³/mol. The van der Waals surface area contributed by atoms with Crippen molar-refractivity contribution in [3.63, 3.8) is 0 Å². The summed E-state index contributed by atoms with van der Waals surface area (Å²) in [4.78, 5) is 11.6. The van der Waals surface area contributed by atoms with E-state index in [4.69, 9.17) is 0 Å². The third kappa shape index (κ3) is 6.07. The molecular formula is C10H20NO4S-. The minimum Gasteiger partial charge on any atom is -0.748 e. The van der Waals surface area contributed by atoms with Crippen molar-refractivity contribution in [1.82, 2.24) is 5.32 Å². The van der Waals surface area contributed by atoms with Crippen LogP contribution >= 0.6 is 0 Å². The Morgan fingerprint density at radius 3 is 2.31 bits per heavy atom. The Labute approximate surface area is 97.4 Å². The number of rotatable bonds is 6. The van der Waals surface area contributed by atoms with Gasteiger partial charge in [-0.25, -0.2) is 8.42 Å². The second kappa shape index (κ2) is 5.63. The van der Waals surface area contributed by atoms with Gasteiger partial charge in [-0.15, -0.1) is 0 Å². The molecule has 6 heteroatoms. The average molecular weight is 250 g/mol. The van der Waals surface area contributed by atoms with Gasteiger partial charge < -0.3 is 9.87 Å². The van der Waals surface area contributed by atoms with Crippen LogP contribution in [0.2, 0.25) is 0 Å². The maximum atomic E-state index is 11.6. The van der Waals surface area contributed by atoms with Gasteiger partial charge in [0.1, 0.15) is 0 Å². The van der Waals surface area contributed by atoms with Crippen molar-refractivity contribution in [3.8, 4) is 0 Å². The second-order valence-corrected chi connectivity index (χ2v) is 6.23. The van der Waals surface area contributed by atoms with Gasteiger partial charge in [0.15, 0.2) is 0 Å². The molecule has 5 nitrogen and oxygen atoms in total. The Morgan fingerprint density at radius 1 is 1.44 bits per heavy atom. The van der Waals surface area contributed by atoms with E-state index in [1.54, 1.807) is 6.92 Å². The minimum absolute atomic E-state index is 0.120. The molecule has 0 aromatic rings. The molecule has 0 radical (unpaired) electrons. The number of hydrogen-bond donors (Lipinski definition) is 1. The summed E-state index contributed by atoms with van der Waals surface area (Å²) in [7, 11) is -4.21. The fourth-order valence-electron chi connectivity index (χ4n) is 1.07. The molecule has 1 atom stereocenters. The number of hydrogen-bond acceptors (Lipinski definition) is 4. The van der Waals surface area contributed by atoms with E-state index in [1.807, 2.05) is 20.8 Å². The van der Waals surface area contributed by atoms with Gasteiger partial charge in [-0.3, -0.25) is 4.79 Å². The molecule has 0 bridgehead atoms. The Morgan fingerprint density at radius 2 is 1.94 bits per heavy atom. The van der Waals surface area contributed by atoms with E-state index >= 15 is 0 Å². The fraction of sp³-hybridized carbons (Fsp3) is 0.900. The summed E-state index contributed by atoms with van der Waals surface area (Å²) in [6.07, 6.45) is 0.701. The lowest BCUT2D eigenvalue weighted by atomic mass is 9.89. The van der Waals surface area contributed by atoms with E-state index in [2.05, 4.69) is 5.32 Å². The highest BCUT2D eigenvalue weighted by Gasteiger charge is 2.25. The predicted octanol–water partition coefficient (Wildman–Crippen LogP) is 0.720. The lowest BCUT2D eigenvalue weighted by Gasteiger charge is -2.23. The molecule has 1 N–H and O–H groups in total. The summed E-state index contributed by atoms with van der Waals surface area (Å²) < 4.78 is 31.4. The van der Waals surface area contributed by atoms with Crippen molar-refractivity contribution in [2.75, 3.05) is 12.3 Å². The van der Waals surface area contributed by atoms with E-state index in [0.29, 0.717) is 6.42 Å². The highest BCUT2D eigenvalue weighted by atomic mass is 32.2. The zero-order chi connectivity index (χ0) is 13.0. The van der Waals surface area contributed by atoms with Gasteiger partial charge in [-0.05, 0) is 12.3 Å². The first-order valence-electron chi connectivity index (χ1n) is 5.30. The third-order valence-electron chi connectivity index (χ3n) is 2.60. The average Bonchev–Trinajstić information content (AvgIpc) is 2.11. The Balaban J connectivity index is 4.12. The topological polar surface area (TPSA) is 86.3 Å². The monoisotopic (exact) mass is 250 g/mol. The normalized spacial score (nSPS) is 14.6. The van der Waals surface area contributed by atoms with Crippen LogP contribution in [0.25, 0.3) is 0 Å². The third-order valence-corrected chi connectivity index (χ3v) is 3.58. The van der Waals surface area contributed by atoms with Gasteiger partial charge in [0, 0.05) is 17.7 Å². The largest absolute Gasteiger partial charge is 0.748 e. The summed E-state index contributed by atoms with van der Waals surface area (Å²) >= 11 is 0. The minimum atomic E-state index is -4.21. The molecule has 0 aromatic carbocycles. The summed E-state index contributed by atoms with van der Waals surface area (Å²) in [6.45, 7) is 7.37. The summed E-state index contributed by atoms with van der Waals surface area (Å²) in [5.74, 6) is -0.927. The van der Waals surface area contributed by atoms with Crippen LogP contribution in [0, 0.1) is 11.3 Å². The van der Waals surface area contributed by atoms with Crippen LogP contribution in [0.1, 0.15) is 34.1 Å². The maximum Gasteiger partial charge on any atom is 0.225 e. The molecule has 0 aliphatic rings. The van der Waals surface area contributed by atoms with E-state index in [1.165, 1.54) is 0 Å². The van der Waals surface area contributed by atoms with Gasteiger partial charge in [0.2, 0.25) is 5.91 Å². The number of amides is 1. The van der Waals surface area contributed by atoms with Gasteiger partial charge in [0.05, 0.1) is 10.1 Å². The lowest BCUT2D eigenvalue weighted by molar-refractivity contribution is -0.129. The van der Waals surface area contributed by atoms with Crippen LogP contribution < -0.4 is 5.32 Å². The first-order chi connectivity index (χ1) is 7.08. The molecule has 0 rings (SSSR count). The van der Waals surface area contributed by atoms with Gasteiger partial charge in [0.25, 0.3) is 0 Å². The van der Waals surface area contributed by atoms with E-state index in [0.717, 1.165) is 0 Å². The molecule has 16 heavy (non-hydrogen) atoms. The van der Waals surface area contributed by atoms with Crippen LogP contribution in [-0.2, 0) is 14.9 Å². The Hall–Kier alpha value is -0.620. The standard InChI is InChI=1S/C10H21NO4S/c1-5-10(3,4)9(12)11-6-8(2)7-16(13,14)15/h8H,5-7H2,1-4H3,(H,11,12)(H,13,14,15)/p-1. The molecule has 0 aromatic heterocycles. The summed E-state index contributed by atoms with van der Waals surface area (Å²) in [5.41, 5.74) is -0.462. The first kappa shape index (κ1) is 15.4. The van der Waals surface area contributed by atoms with Crippen molar-refractivity contribution in [3.05, 3.63) is 0 Å². The molecule has 0 saturated carbocycles.